The van der Waals surface area contributed by atoms with E-state index in [9.17, 15) is 24.3 Å². The molecule has 0 amide bonds. The van der Waals surface area contributed by atoms with Crippen molar-refractivity contribution >= 4 is 23.5 Å². The number of fused-ring (bicyclic) bond motifs is 5. The summed E-state index contributed by atoms with van der Waals surface area (Å²) in [4.78, 5) is 50.2. The molecule has 4 rings (SSSR count). The molecule has 0 spiro atoms. The highest BCUT2D eigenvalue weighted by Gasteiger charge is 2.77. The molecule has 0 radical (unpaired) electrons. The maximum absolute atomic E-state index is 17.4. The quantitative estimate of drug-likeness (QED) is 0.585. The first-order valence-electron chi connectivity index (χ1n) is 13.6. The van der Waals surface area contributed by atoms with Gasteiger partial charge in [-0.15, -0.1) is 0 Å². The van der Waals surface area contributed by atoms with Crippen molar-refractivity contribution < 1.29 is 42.3 Å². The van der Waals surface area contributed by atoms with Crippen LogP contribution in [0.3, 0.4) is 0 Å². The molecule has 8 heteroatoms. The molecule has 35 heavy (non-hydrogen) atoms. The van der Waals surface area contributed by atoms with Crippen LogP contribution < -0.4 is 0 Å². The summed E-state index contributed by atoms with van der Waals surface area (Å²) in [5, 5.41) is 11.5. The van der Waals surface area contributed by atoms with Gasteiger partial charge in [0.1, 0.15) is 0 Å². The zero-order chi connectivity index (χ0) is 28.5. The SMILES string of the molecule is [2H]C([2H])([2H])CC(=O)O[C@]1(C(=O)COC(C)=O)[C@@H](C)C[C@H]2[C@@H]3CCC4=CC(=O)C=C[C@]4(C)[C@@]3(F)[C@@H](O)C[C@@]21C. The third-order valence-electron chi connectivity index (χ3n) is 9.42. The molecule has 0 aromatic heterocycles. The van der Waals surface area contributed by atoms with E-state index in [1.807, 2.05) is 0 Å². The standard InChI is InChI=1S/C27H35FO7/c1-6-23(33)35-27(22(32)14-34-16(3)29)15(2)11-20-19-8-7-17-12-18(30)9-10-24(17,4)26(19,28)21(31)13-25(20,27)5/h9-10,12,15,19-21,31H,6-8,11,13-14H2,1-5H3/t15-,19-,20-,21-,24-,25-,26-,27-/m0/s1/i1D3. The van der Waals surface area contributed by atoms with Crippen molar-refractivity contribution in [1.82, 2.24) is 0 Å². The van der Waals surface area contributed by atoms with Gasteiger partial charge in [0.05, 0.1) is 6.10 Å². The normalized spacial score (nSPS) is 45.6. The Bertz CT molecular complexity index is 1130. The van der Waals surface area contributed by atoms with Crippen molar-refractivity contribution in [3.63, 3.8) is 0 Å². The lowest BCUT2D eigenvalue weighted by Gasteiger charge is -2.62. The molecule has 7 nitrogen and oxygen atoms in total. The van der Waals surface area contributed by atoms with Crippen molar-refractivity contribution in [3.8, 4) is 0 Å². The molecule has 1 N–H and O–H groups in total. The van der Waals surface area contributed by atoms with Crippen molar-refractivity contribution in [2.75, 3.05) is 6.61 Å². The first-order chi connectivity index (χ1) is 17.4. The van der Waals surface area contributed by atoms with Gasteiger partial charge in [-0.1, -0.05) is 32.3 Å². The number of aliphatic hydroxyl groups excluding tert-OH is 1. The number of carbonyl (C=O) groups excluding carboxylic acids is 4. The number of esters is 2. The van der Waals surface area contributed by atoms with E-state index in [4.69, 9.17) is 13.6 Å². The van der Waals surface area contributed by atoms with Gasteiger partial charge in [0.15, 0.2) is 23.7 Å². The zero-order valence-electron chi connectivity index (χ0n) is 23.6. The van der Waals surface area contributed by atoms with Crippen LogP contribution in [0, 0.1) is 28.6 Å². The van der Waals surface area contributed by atoms with Crippen LogP contribution in [0.2, 0.25) is 0 Å². The largest absolute Gasteiger partial charge is 0.458 e. The third-order valence-corrected chi connectivity index (χ3v) is 9.42. The molecule has 4 aliphatic carbocycles. The number of Topliss-reactive ketones (excluding diaryl/α,β-unsaturated/α-hetero) is 1. The van der Waals surface area contributed by atoms with Gasteiger partial charge in [-0.3, -0.25) is 19.2 Å². The number of hydrogen-bond donors (Lipinski definition) is 1. The molecule has 0 aromatic rings. The van der Waals surface area contributed by atoms with Gasteiger partial charge in [-0.25, -0.2) is 4.39 Å². The second-order valence-electron chi connectivity index (χ2n) is 11.0. The van der Waals surface area contributed by atoms with Gasteiger partial charge in [-0.05, 0) is 50.7 Å². The van der Waals surface area contributed by atoms with Crippen molar-refractivity contribution in [1.29, 1.82) is 0 Å². The van der Waals surface area contributed by atoms with Crippen LogP contribution in [0.5, 0.6) is 0 Å². The maximum Gasteiger partial charge on any atom is 0.306 e. The van der Waals surface area contributed by atoms with Crippen molar-refractivity contribution in [2.45, 2.75) is 84.0 Å². The summed E-state index contributed by atoms with van der Waals surface area (Å²) >= 11 is 0. The molecule has 0 bridgehead atoms. The van der Waals surface area contributed by atoms with Gasteiger partial charge >= 0.3 is 11.9 Å². The van der Waals surface area contributed by atoms with E-state index in [2.05, 4.69) is 0 Å². The van der Waals surface area contributed by atoms with E-state index < -0.39 is 83.6 Å². The lowest BCUT2D eigenvalue weighted by Crippen LogP contribution is -2.70. The van der Waals surface area contributed by atoms with Crippen LogP contribution in [-0.2, 0) is 28.7 Å². The summed E-state index contributed by atoms with van der Waals surface area (Å²) in [7, 11) is 0. The summed E-state index contributed by atoms with van der Waals surface area (Å²) in [5.74, 6) is -4.76. The number of halogens is 1. The van der Waals surface area contributed by atoms with Crippen LogP contribution in [0.4, 0.5) is 4.39 Å². The number of carbonyl (C=O) groups is 4. The molecule has 4 aliphatic rings. The molecule has 3 saturated carbocycles. The predicted octanol–water partition coefficient (Wildman–Crippen LogP) is 3.43. The Hall–Kier alpha value is -2.35. The highest BCUT2D eigenvalue weighted by Crippen LogP contribution is 2.71. The summed E-state index contributed by atoms with van der Waals surface area (Å²) in [6.07, 6.45) is 2.48. The van der Waals surface area contributed by atoms with E-state index in [1.54, 1.807) is 20.8 Å². The fraction of sp³-hybridized carbons (Fsp3) is 0.704. The lowest BCUT2D eigenvalue weighted by atomic mass is 9.44. The monoisotopic (exact) mass is 493 g/mol. The van der Waals surface area contributed by atoms with Crippen LogP contribution in [0.1, 0.15) is 70.8 Å². The molecule has 0 unspecified atom stereocenters. The minimum absolute atomic E-state index is 0.236. The number of rotatable bonds is 5. The van der Waals surface area contributed by atoms with E-state index in [0.717, 1.165) is 6.92 Å². The number of aliphatic hydroxyl groups is 1. The first-order valence-corrected chi connectivity index (χ1v) is 12.1. The second kappa shape index (κ2) is 8.36. The van der Waals surface area contributed by atoms with Crippen molar-refractivity contribution in [3.05, 3.63) is 23.8 Å². The Labute approximate surface area is 209 Å². The van der Waals surface area contributed by atoms with E-state index in [1.165, 1.54) is 18.2 Å². The molecular formula is C27H35FO7. The molecule has 0 aromatic carbocycles. The summed E-state index contributed by atoms with van der Waals surface area (Å²) in [5.41, 5.74) is -6.00. The second-order valence-corrected chi connectivity index (χ2v) is 11.0. The molecule has 8 atom stereocenters. The Morgan fingerprint density at radius 2 is 2.00 bits per heavy atom. The summed E-state index contributed by atoms with van der Waals surface area (Å²) in [6.45, 7) is 2.80. The number of alkyl halides is 1. The third kappa shape index (κ3) is 3.31. The Balaban J connectivity index is 1.81. The number of ether oxygens (including phenoxy) is 2. The van der Waals surface area contributed by atoms with Crippen LogP contribution in [0.25, 0.3) is 0 Å². The number of ketones is 2. The lowest BCUT2D eigenvalue weighted by molar-refractivity contribution is -0.228. The van der Waals surface area contributed by atoms with Gasteiger partial charge in [0.25, 0.3) is 0 Å². The Kier molecular flexibility index (Phi) is 5.23. The van der Waals surface area contributed by atoms with Crippen LogP contribution in [-0.4, -0.2) is 52.6 Å². The van der Waals surface area contributed by atoms with Gasteiger partial charge in [0, 0.05) is 40.1 Å². The van der Waals surface area contributed by atoms with E-state index in [0.29, 0.717) is 18.4 Å². The molecule has 0 heterocycles. The van der Waals surface area contributed by atoms with Crippen LogP contribution >= 0.6 is 0 Å². The van der Waals surface area contributed by atoms with Gasteiger partial charge in [-0.2, -0.15) is 0 Å². The maximum atomic E-state index is 17.4. The number of allylic oxidation sites excluding steroid dienone is 4. The highest BCUT2D eigenvalue weighted by atomic mass is 19.1. The first kappa shape index (κ1) is 21.9. The average Bonchev–Trinajstić information content (AvgIpc) is 2.99. The fourth-order valence-corrected chi connectivity index (χ4v) is 7.89. The molecule has 3 fully saturated rings. The highest BCUT2D eigenvalue weighted by molar-refractivity contribution is 6.01. The Morgan fingerprint density at radius 3 is 2.66 bits per heavy atom. The van der Waals surface area contributed by atoms with Crippen molar-refractivity contribution in [2.24, 2.45) is 28.6 Å². The molecular weight excluding hydrogens is 455 g/mol. The Morgan fingerprint density at radius 1 is 1.29 bits per heavy atom. The number of hydrogen-bond acceptors (Lipinski definition) is 7. The van der Waals surface area contributed by atoms with Gasteiger partial charge < -0.3 is 14.6 Å². The van der Waals surface area contributed by atoms with E-state index >= 15 is 4.39 Å². The topological polar surface area (TPSA) is 107 Å². The predicted molar refractivity (Wildman–Crippen MR) is 124 cm³/mol. The minimum atomic E-state index is -2.65. The zero-order valence-corrected chi connectivity index (χ0v) is 20.6. The minimum Gasteiger partial charge on any atom is -0.458 e. The molecule has 192 valence electrons. The average molecular weight is 494 g/mol. The van der Waals surface area contributed by atoms with Crippen LogP contribution in [0.15, 0.2) is 23.8 Å². The summed E-state index contributed by atoms with van der Waals surface area (Å²) in [6, 6.07) is 0. The molecule has 0 aliphatic heterocycles. The summed E-state index contributed by atoms with van der Waals surface area (Å²) < 4.78 is 50.6. The van der Waals surface area contributed by atoms with E-state index in [-0.39, 0.29) is 18.6 Å². The molecule has 0 saturated heterocycles. The fourth-order valence-electron chi connectivity index (χ4n) is 7.89. The smallest absolute Gasteiger partial charge is 0.306 e. The van der Waals surface area contributed by atoms with Gasteiger partial charge in [0.2, 0.25) is 5.78 Å².